The van der Waals surface area contributed by atoms with Gasteiger partial charge in [0.15, 0.2) is 0 Å². The van der Waals surface area contributed by atoms with Crippen molar-refractivity contribution in [3.8, 4) is 0 Å². The van der Waals surface area contributed by atoms with Gasteiger partial charge in [-0.05, 0) is 22.2 Å². The Hall–Kier alpha value is -0.463. The summed E-state index contributed by atoms with van der Waals surface area (Å²) >= 11 is 3.83. The minimum atomic E-state index is -2.21. The van der Waals surface area contributed by atoms with Gasteiger partial charge in [0.25, 0.3) is 0 Å². The molecule has 0 N–H and O–H groups in total. The van der Waals surface area contributed by atoms with Crippen molar-refractivity contribution >= 4 is 24.5 Å². The lowest BCUT2D eigenvalue weighted by molar-refractivity contribution is 0.0419. The van der Waals surface area contributed by atoms with Gasteiger partial charge in [0.1, 0.15) is 0 Å². The molecule has 3 nitrogen and oxygen atoms in total. The highest BCUT2D eigenvalue weighted by Crippen LogP contribution is 2.44. The summed E-state index contributed by atoms with van der Waals surface area (Å²) in [5.74, 6) is 0. The van der Waals surface area contributed by atoms with Crippen LogP contribution in [0.25, 0.3) is 0 Å². The Labute approximate surface area is 154 Å². The lowest BCUT2D eigenvalue weighted by Gasteiger charge is -2.44. The maximum Gasteiger partial charge on any atom is 0.344 e. The summed E-state index contributed by atoms with van der Waals surface area (Å²) in [6.07, 6.45) is 2.29. The summed E-state index contributed by atoms with van der Waals surface area (Å²) < 4.78 is 19.1. The van der Waals surface area contributed by atoms with Crippen molar-refractivity contribution in [3.05, 3.63) is 47.5 Å². The van der Waals surface area contributed by atoms with E-state index in [-0.39, 0.29) is 17.0 Å². The highest BCUT2D eigenvalue weighted by atomic mass is 79.9. The van der Waals surface area contributed by atoms with Crippen LogP contribution in [0.2, 0.25) is 11.1 Å². The third-order valence-electron chi connectivity index (χ3n) is 5.02. The third-order valence-corrected chi connectivity index (χ3v) is 10.5. The van der Waals surface area contributed by atoms with Crippen LogP contribution in [0.1, 0.15) is 33.3 Å². The van der Waals surface area contributed by atoms with E-state index in [1.165, 1.54) is 11.1 Å². The Morgan fingerprint density at radius 2 is 1.83 bits per heavy atom. The third kappa shape index (κ3) is 3.42. The average Bonchev–Trinajstić information content (AvgIpc) is 2.89. The fourth-order valence-electron chi connectivity index (χ4n) is 3.65. The van der Waals surface area contributed by atoms with Gasteiger partial charge < -0.3 is 13.6 Å². The summed E-state index contributed by atoms with van der Waals surface area (Å²) in [5.41, 5.74) is 3.28. The topological polar surface area (TPSA) is 27.7 Å². The number of hydrogen-bond acceptors (Lipinski definition) is 3. The number of fused-ring (bicyclic) bond motifs is 1. The maximum atomic E-state index is 6.64. The second-order valence-electron chi connectivity index (χ2n) is 7.31. The average molecular weight is 411 g/mol. The fourth-order valence-corrected chi connectivity index (χ4v) is 8.30. The zero-order valence-corrected chi connectivity index (χ0v) is 17.5. The molecule has 1 fully saturated rings. The van der Waals surface area contributed by atoms with E-state index in [9.17, 15) is 0 Å². The van der Waals surface area contributed by atoms with Gasteiger partial charge in [0.05, 0.1) is 30.2 Å². The number of halogens is 1. The Balaban J connectivity index is 1.69. The zero-order valence-electron chi connectivity index (χ0n) is 14.9. The second kappa shape index (κ2) is 7.42. The molecule has 0 saturated carbocycles. The molecule has 0 amide bonds. The molecule has 132 valence electrons. The van der Waals surface area contributed by atoms with Gasteiger partial charge in [-0.3, -0.25) is 0 Å². The number of ether oxygens (including phenoxy) is 1. The van der Waals surface area contributed by atoms with Gasteiger partial charge >= 0.3 is 8.56 Å². The van der Waals surface area contributed by atoms with E-state index in [0.29, 0.717) is 24.3 Å². The molecule has 1 saturated heterocycles. The molecule has 0 aromatic heterocycles. The molecule has 1 aromatic carbocycles. The van der Waals surface area contributed by atoms with Crippen molar-refractivity contribution in [2.45, 2.75) is 62.4 Å². The predicted octanol–water partition coefficient (Wildman–Crippen LogP) is 4.95. The molecule has 0 spiro atoms. The molecule has 5 heteroatoms. The van der Waals surface area contributed by atoms with Crippen LogP contribution >= 0.6 is 15.9 Å². The quantitative estimate of drug-likeness (QED) is 0.390. The van der Waals surface area contributed by atoms with Crippen molar-refractivity contribution in [1.82, 2.24) is 0 Å². The molecule has 3 atom stereocenters. The molecule has 0 bridgehead atoms. The minimum absolute atomic E-state index is 0.0259. The van der Waals surface area contributed by atoms with Gasteiger partial charge in [0, 0.05) is 0 Å². The van der Waals surface area contributed by atoms with Crippen molar-refractivity contribution < 1.29 is 13.6 Å². The van der Waals surface area contributed by atoms with E-state index in [1.807, 2.05) is 18.2 Å². The van der Waals surface area contributed by atoms with Crippen LogP contribution in [0.4, 0.5) is 0 Å². The van der Waals surface area contributed by atoms with E-state index in [4.69, 9.17) is 13.6 Å². The highest BCUT2D eigenvalue weighted by molar-refractivity contribution is 9.09. The highest BCUT2D eigenvalue weighted by Gasteiger charge is 2.53. The zero-order chi connectivity index (χ0) is 17.3. The van der Waals surface area contributed by atoms with E-state index in [2.05, 4.69) is 61.8 Å². The van der Waals surface area contributed by atoms with E-state index >= 15 is 0 Å². The predicted molar refractivity (Wildman–Crippen MR) is 103 cm³/mol. The first-order chi connectivity index (χ1) is 11.4. The summed E-state index contributed by atoms with van der Waals surface area (Å²) in [7, 11) is -2.21. The largest absolute Gasteiger partial charge is 0.390 e. The monoisotopic (exact) mass is 410 g/mol. The lowest BCUT2D eigenvalue weighted by Crippen LogP contribution is -2.56. The molecule has 3 rings (SSSR count). The summed E-state index contributed by atoms with van der Waals surface area (Å²) in [5, 5.41) is 0. The van der Waals surface area contributed by atoms with Crippen LogP contribution in [-0.4, -0.2) is 32.2 Å². The molecule has 0 radical (unpaired) electrons. The Morgan fingerprint density at radius 3 is 2.46 bits per heavy atom. The molecule has 1 aromatic rings. The van der Waals surface area contributed by atoms with Crippen LogP contribution in [-0.2, 0) is 20.2 Å². The number of hydrogen-bond donors (Lipinski definition) is 0. The molecule has 2 aliphatic rings. The smallest absolute Gasteiger partial charge is 0.344 e. The van der Waals surface area contributed by atoms with Crippen molar-refractivity contribution in [1.29, 1.82) is 0 Å². The molecule has 1 heterocycles. The normalized spacial score (nSPS) is 29.0. The van der Waals surface area contributed by atoms with Crippen LogP contribution in [0, 0.1) is 0 Å². The first-order valence-electron chi connectivity index (χ1n) is 8.76. The first-order valence-corrected chi connectivity index (χ1v) is 11.6. The van der Waals surface area contributed by atoms with Gasteiger partial charge in [-0.2, -0.15) is 0 Å². The second-order valence-corrected chi connectivity index (χ2v) is 12.6. The molecular weight excluding hydrogens is 384 g/mol. The number of benzene rings is 1. The Morgan fingerprint density at radius 1 is 1.17 bits per heavy atom. The van der Waals surface area contributed by atoms with Crippen LogP contribution in [0.5, 0.6) is 0 Å². The standard InChI is InChI=1S/C19H27BrO3Si/c1-13(2)24(14(3)4)22-12-16-10-17(18(20)19(16)23-24)21-11-15-8-6-5-7-9-15/h5-10,13-14,17-19H,11-12H2,1-4H3/t17-,18?,19+/m1/s1. The summed E-state index contributed by atoms with van der Waals surface area (Å²) in [6.45, 7) is 10.2. The number of alkyl halides is 1. The first kappa shape index (κ1) is 18.3. The molecule has 1 aliphatic heterocycles. The van der Waals surface area contributed by atoms with Crippen molar-refractivity contribution in [3.63, 3.8) is 0 Å². The van der Waals surface area contributed by atoms with E-state index in [1.54, 1.807) is 0 Å². The minimum Gasteiger partial charge on any atom is -0.390 e. The molecule has 1 unspecified atom stereocenters. The summed E-state index contributed by atoms with van der Waals surface area (Å²) in [6, 6.07) is 10.3. The van der Waals surface area contributed by atoms with Gasteiger partial charge in [-0.1, -0.05) is 80.0 Å². The van der Waals surface area contributed by atoms with E-state index < -0.39 is 8.56 Å². The molecule has 1 aliphatic carbocycles. The Kier molecular flexibility index (Phi) is 5.67. The maximum absolute atomic E-state index is 6.64. The van der Waals surface area contributed by atoms with Gasteiger partial charge in [0.2, 0.25) is 0 Å². The summed E-state index contributed by atoms with van der Waals surface area (Å²) in [4.78, 5) is 0.157. The van der Waals surface area contributed by atoms with Crippen molar-refractivity contribution in [2.75, 3.05) is 6.61 Å². The molecule has 24 heavy (non-hydrogen) atoms. The fraction of sp³-hybridized carbons (Fsp3) is 0.579. The van der Waals surface area contributed by atoms with Crippen LogP contribution in [0.3, 0.4) is 0 Å². The molecular formula is C19H27BrO3Si. The lowest BCUT2D eigenvalue weighted by atomic mass is 10.2. The SMILES string of the molecule is CC(C)[Si]1(C(C)C)OCC2=C[C@@H](OCc3ccccc3)C(Br)[C@H]2O1. The van der Waals surface area contributed by atoms with E-state index in [0.717, 1.165) is 0 Å². The van der Waals surface area contributed by atoms with Crippen LogP contribution < -0.4 is 0 Å². The van der Waals surface area contributed by atoms with Gasteiger partial charge in [-0.15, -0.1) is 0 Å². The number of rotatable bonds is 5. The van der Waals surface area contributed by atoms with Gasteiger partial charge in [-0.25, -0.2) is 0 Å². The van der Waals surface area contributed by atoms with Crippen LogP contribution in [0.15, 0.2) is 42.0 Å². The Bertz CT molecular complexity index is 580. The van der Waals surface area contributed by atoms with Crippen molar-refractivity contribution in [2.24, 2.45) is 0 Å².